The first-order chi connectivity index (χ1) is 12.7. The van der Waals surface area contributed by atoms with Crippen LogP contribution in [0.25, 0.3) is 0 Å². The molecule has 1 saturated heterocycles. The lowest BCUT2D eigenvalue weighted by Gasteiger charge is -2.25. The number of alkyl halides is 1. The number of ether oxygens (including phenoxy) is 1. The van der Waals surface area contributed by atoms with Crippen molar-refractivity contribution in [2.24, 2.45) is 0 Å². The number of nitrogens with one attached hydrogen (secondary N) is 1. The molecule has 2 heterocycles. The number of aliphatic hydroxyl groups is 2. The fraction of sp³-hybridized carbons (Fsp3) is 0.389. The zero-order valence-corrected chi connectivity index (χ0v) is 14.7. The Labute approximate surface area is 154 Å². The Hall–Kier alpha value is -2.62. The van der Waals surface area contributed by atoms with Crippen molar-refractivity contribution in [2.75, 3.05) is 5.32 Å². The maximum Gasteiger partial charge on any atom is 0.351 e. The number of amides is 1. The SMILES string of the molecule is CC(O)C1OC(n2ccc(NC(=O)c3ccccc3)nc2=O)C(C)(F)C1O. The van der Waals surface area contributed by atoms with E-state index < -0.39 is 41.8 Å². The molecule has 1 aromatic carbocycles. The zero-order valence-electron chi connectivity index (χ0n) is 14.7. The summed E-state index contributed by atoms with van der Waals surface area (Å²) in [5.74, 6) is -0.450. The van der Waals surface area contributed by atoms with E-state index in [9.17, 15) is 24.2 Å². The maximum absolute atomic E-state index is 14.9. The van der Waals surface area contributed by atoms with Gasteiger partial charge in [-0.25, -0.2) is 9.18 Å². The molecule has 1 amide bonds. The molecule has 0 aliphatic carbocycles. The second kappa shape index (κ2) is 7.18. The van der Waals surface area contributed by atoms with Gasteiger partial charge in [0.25, 0.3) is 5.91 Å². The second-order valence-corrected chi connectivity index (χ2v) is 6.61. The number of benzene rings is 1. The third-order valence-electron chi connectivity index (χ3n) is 4.49. The quantitative estimate of drug-likeness (QED) is 0.728. The minimum atomic E-state index is -2.32. The summed E-state index contributed by atoms with van der Waals surface area (Å²) < 4.78 is 21.2. The highest BCUT2D eigenvalue weighted by atomic mass is 19.1. The molecule has 144 valence electrons. The molecule has 0 saturated carbocycles. The Balaban J connectivity index is 1.83. The summed E-state index contributed by atoms with van der Waals surface area (Å²) in [5, 5.41) is 22.2. The summed E-state index contributed by atoms with van der Waals surface area (Å²) in [6.07, 6.45) is -4.18. The van der Waals surface area contributed by atoms with Crippen LogP contribution in [0.3, 0.4) is 0 Å². The van der Waals surface area contributed by atoms with Crippen LogP contribution in [0.5, 0.6) is 0 Å². The van der Waals surface area contributed by atoms with Gasteiger partial charge in [-0.3, -0.25) is 9.36 Å². The predicted molar refractivity (Wildman–Crippen MR) is 94.0 cm³/mol. The van der Waals surface area contributed by atoms with Gasteiger partial charge in [0.15, 0.2) is 11.9 Å². The highest BCUT2D eigenvalue weighted by Gasteiger charge is 2.56. The van der Waals surface area contributed by atoms with Crippen molar-refractivity contribution >= 4 is 11.7 Å². The summed E-state index contributed by atoms with van der Waals surface area (Å²) in [7, 11) is 0. The van der Waals surface area contributed by atoms with Crippen LogP contribution in [0.1, 0.15) is 30.4 Å². The van der Waals surface area contributed by atoms with E-state index >= 15 is 0 Å². The molecule has 0 bridgehead atoms. The van der Waals surface area contributed by atoms with E-state index in [0.29, 0.717) is 5.56 Å². The van der Waals surface area contributed by atoms with Crippen molar-refractivity contribution in [3.8, 4) is 0 Å². The van der Waals surface area contributed by atoms with Crippen molar-refractivity contribution in [2.45, 2.75) is 44.1 Å². The third-order valence-corrected chi connectivity index (χ3v) is 4.49. The molecule has 1 aromatic heterocycles. The second-order valence-electron chi connectivity index (χ2n) is 6.61. The Bertz CT molecular complexity index is 884. The summed E-state index contributed by atoms with van der Waals surface area (Å²) >= 11 is 0. The van der Waals surface area contributed by atoms with E-state index in [1.165, 1.54) is 19.2 Å². The monoisotopic (exact) mass is 377 g/mol. The average molecular weight is 377 g/mol. The van der Waals surface area contributed by atoms with Crippen LogP contribution >= 0.6 is 0 Å². The van der Waals surface area contributed by atoms with Gasteiger partial charge >= 0.3 is 5.69 Å². The van der Waals surface area contributed by atoms with Crippen molar-refractivity contribution in [1.82, 2.24) is 9.55 Å². The molecule has 3 rings (SSSR count). The summed E-state index contributed by atoms with van der Waals surface area (Å²) in [6.45, 7) is 2.44. The molecule has 5 atom stereocenters. The fourth-order valence-electron chi connectivity index (χ4n) is 2.98. The van der Waals surface area contributed by atoms with E-state index in [-0.39, 0.29) is 5.82 Å². The first kappa shape index (κ1) is 19.2. The van der Waals surface area contributed by atoms with Crippen molar-refractivity contribution < 1.29 is 24.1 Å². The van der Waals surface area contributed by atoms with Gasteiger partial charge in [0.1, 0.15) is 18.0 Å². The number of nitrogens with zero attached hydrogens (tertiary/aromatic N) is 2. The Kier molecular flexibility index (Phi) is 5.09. The van der Waals surface area contributed by atoms with Gasteiger partial charge in [-0.15, -0.1) is 0 Å². The molecule has 8 nitrogen and oxygen atoms in total. The number of hydrogen-bond acceptors (Lipinski definition) is 6. The first-order valence-corrected chi connectivity index (χ1v) is 8.38. The third kappa shape index (κ3) is 3.61. The summed E-state index contributed by atoms with van der Waals surface area (Å²) in [6, 6.07) is 9.70. The van der Waals surface area contributed by atoms with E-state index in [1.54, 1.807) is 30.3 Å². The first-order valence-electron chi connectivity index (χ1n) is 8.38. The van der Waals surface area contributed by atoms with Gasteiger partial charge in [-0.2, -0.15) is 4.98 Å². The largest absolute Gasteiger partial charge is 0.391 e. The van der Waals surface area contributed by atoms with Gasteiger partial charge in [0.05, 0.1) is 6.10 Å². The highest BCUT2D eigenvalue weighted by molar-refractivity contribution is 6.03. The molecular weight excluding hydrogens is 357 g/mol. The van der Waals surface area contributed by atoms with E-state index in [2.05, 4.69) is 10.3 Å². The Morgan fingerprint density at radius 1 is 1.37 bits per heavy atom. The van der Waals surface area contributed by atoms with Gasteiger partial charge in [-0.1, -0.05) is 18.2 Å². The number of halogens is 1. The number of carbonyl (C=O) groups is 1. The molecule has 0 radical (unpaired) electrons. The number of anilines is 1. The summed E-state index contributed by atoms with van der Waals surface area (Å²) in [4.78, 5) is 28.2. The highest BCUT2D eigenvalue weighted by Crippen LogP contribution is 2.41. The molecule has 3 N–H and O–H groups in total. The molecule has 9 heteroatoms. The van der Waals surface area contributed by atoms with Crippen molar-refractivity contribution in [3.05, 3.63) is 58.6 Å². The van der Waals surface area contributed by atoms with Gasteiger partial charge < -0.3 is 20.3 Å². The Morgan fingerprint density at radius 3 is 2.59 bits per heavy atom. The van der Waals surface area contributed by atoms with Crippen LogP contribution in [0.2, 0.25) is 0 Å². The fourth-order valence-corrected chi connectivity index (χ4v) is 2.98. The van der Waals surface area contributed by atoms with Gasteiger partial charge in [0.2, 0.25) is 0 Å². The van der Waals surface area contributed by atoms with Crippen LogP contribution in [0.4, 0.5) is 10.2 Å². The van der Waals surface area contributed by atoms with Crippen LogP contribution in [0, 0.1) is 0 Å². The minimum Gasteiger partial charge on any atom is -0.391 e. The molecule has 5 unspecified atom stereocenters. The zero-order chi connectivity index (χ0) is 19.8. The molecule has 1 aliphatic rings. The normalized spacial score (nSPS) is 28.7. The molecule has 1 aliphatic heterocycles. The Morgan fingerprint density at radius 2 is 2.04 bits per heavy atom. The lowest BCUT2D eigenvalue weighted by atomic mass is 9.96. The molecular formula is C18H20FN3O5. The van der Waals surface area contributed by atoms with E-state index in [4.69, 9.17) is 4.74 Å². The average Bonchev–Trinajstić information content (AvgIpc) is 2.86. The number of aromatic nitrogens is 2. The lowest BCUT2D eigenvalue weighted by Crippen LogP contribution is -2.44. The number of hydrogen-bond donors (Lipinski definition) is 3. The smallest absolute Gasteiger partial charge is 0.351 e. The van der Waals surface area contributed by atoms with E-state index in [0.717, 1.165) is 11.5 Å². The topological polar surface area (TPSA) is 114 Å². The molecule has 27 heavy (non-hydrogen) atoms. The number of rotatable bonds is 4. The maximum atomic E-state index is 14.9. The number of carbonyl (C=O) groups excluding carboxylic acids is 1. The van der Waals surface area contributed by atoms with Crippen LogP contribution in [-0.2, 0) is 4.74 Å². The van der Waals surface area contributed by atoms with Crippen LogP contribution in [-0.4, -0.2) is 49.7 Å². The lowest BCUT2D eigenvalue weighted by molar-refractivity contribution is -0.0825. The molecule has 2 aromatic rings. The minimum absolute atomic E-state index is 0.00344. The van der Waals surface area contributed by atoms with Crippen LogP contribution in [0.15, 0.2) is 47.4 Å². The summed E-state index contributed by atoms with van der Waals surface area (Å²) in [5.41, 5.74) is -2.79. The van der Waals surface area contributed by atoms with E-state index in [1.807, 2.05) is 0 Å². The standard InChI is InChI=1S/C18H20FN3O5/c1-10(23)13-14(24)18(2,19)16(27-13)22-9-8-12(21-17(22)26)20-15(25)11-6-4-3-5-7-11/h3-10,13-14,16,23-24H,1-2H3,(H,20,21,25,26). The number of aliphatic hydroxyl groups excluding tert-OH is 2. The molecule has 0 spiro atoms. The van der Waals surface area contributed by atoms with Gasteiger partial charge in [0, 0.05) is 11.8 Å². The van der Waals surface area contributed by atoms with Crippen LogP contribution < -0.4 is 11.0 Å². The molecule has 1 fully saturated rings. The van der Waals surface area contributed by atoms with Crippen molar-refractivity contribution in [3.63, 3.8) is 0 Å². The van der Waals surface area contributed by atoms with Crippen molar-refractivity contribution in [1.29, 1.82) is 0 Å². The van der Waals surface area contributed by atoms with Gasteiger partial charge in [-0.05, 0) is 32.0 Å². The predicted octanol–water partition coefficient (Wildman–Crippen LogP) is 0.863.